The Kier molecular flexibility index (Phi) is 2.01. The molecule has 1 aliphatic carbocycles. The summed E-state index contributed by atoms with van der Waals surface area (Å²) >= 11 is 0. The normalized spacial score (nSPS) is 23.4. The molecule has 1 aromatic rings. The van der Waals surface area contributed by atoms with Gasteiger partial charge in [-0.2, -0.15) is 0 Å². The van der Waals surface area contributed by atoms with Crippen LogP contribution in [0.3, 0.4) is 0 Å². The molecule has 0 radical (unpaired) electrons. The fourth-order valence-electron chi connectivity index (χ4n) is 2.70. The van der Waals surface area contributed by atoms with E-state index in [2.05, 4.69) is 56.3 Å². The van der Waals surface area contributed by atoms with Crippen LogP contribution in [0.2, 0.25) is 0 Å². The van der Waals surface area contributed by atoms with Crippen LogP contribution in [-0.4, -0.2) is 14.8 Å². The van der Waals surface area contributed by atoms with Crippen LogP contribution < -0.4 is 0 Å². The van der Waals surface area contributed by atoms with Gasteiger partial charge in [-0.1, -0.05) is 27.7 Å². The highest BCUT2D eigenvalue weighted by atomic mass is 15.3. The molecule has 0 atom stereocenters. The summed E-state index contributed by atoms with van der Waals surface area (Å²) in [5.74, 6) is 1.69. The monoisotopic (exact) mass is 207 g/mol. The molecule has 0 aliphatic heterocycles. The van der Waals surface area contributed by atoms with Gasteiger partial charge < -0.3 is 4.57 Å². The largest absolute Gasteiger partial charge is 0.315 e. The summed E-state index contributed by atoms with van der Waals surface area (Å²) in [5, 5.41) is 8.35. The van der Waals surface area contributed by atoms with E-state index in [0.29, 0.717) is 22.8 Å². The zero-order valence-corrected chi connectivity index (χ0v) is 10.6. The van der Waals surface area contributed by atoms with Gasteiger partial charge in [-0.15, -0.1) is 10.2 Å². The van der Waals surface area contributed by atoms with Crippen LogP contribution in [0.4, 0.5) is 0 Å². The van der Waals surface area contributed by atoms with Gasteiger partial charge in [0.2, 0.25) is 0 Å². The molecule has 0 N–H and O–H groups in total. The summed E-state index contributed by atoms with van der Waals surface area (Å²) < 4.78 is 2.20. The fourth-order valence-corrected chi connectivity index (χ4v) is 2.70. The molecule has 0 bridgehead atoms. The van der Waals surface area contributed by atoms with Crippen molar-refractivity contribution < 1.29 is 0 Å². The van der Waals surface area contributed by atoms with Gasteiger partial charge in [0.15, 0.2) is 0 Å². The molecule has 1 saturated carbocycles. The van der Waals surface area contributed by atoms with E-state index >= 15 is 0 Å². The first-order chi connectivity index (χ1) is 6.80. The van der Waals surface area contributed by atoms with Gasteiger partial charge >= 0.3 is 0 Å². The van der Waals surface area contributed by atoms with Crippen molar-refractivity contribution in [2.45, 2.75) is 53.5 Å². The number of nitrogens with zero attached hydrogens (tertiary/aromatic N) is 3. The molecule has 0 unspecified atom stereocenters. The molecule has 84 valence electrons. The molecule has 1 aromatic heterocycles. The molecule has 0 spiro atoms. The Morgan fingerprint density at radius 1 is 1.20 bits per heavy atom. The minimum atomic E-state index is 0.340. The molecule has 3 nitrogen and oxygen atoms in total. The van der Waals surface area contributed by atoms with Crippen molar-refractivity contribution in [3.05, 3.63) is 12.2 Å². The van der Waals surface area contributed by atoms with Gasteiger partial charge in [0.05, 0.1) is 0 Å². The van der Waals surface area contributed by atoms with E-state index in [1.807, 2.05) is 6.33 Å². The molecule has 0 saturated heterocycles. The predicted octanol–water partition coefficient (Wildman–Crippen LogP) is 3.01. The molecule has 1 heterocycles. The Morgan fingerprint density at radius 3 is 2.13 bits per heavy atom. The average Bonchev–Trinajstić information content (AvgIpc) is 2.51. The SMILES string of the molecule is CC(C)n1cnnc1C1C(C)(C)C1(C)C. The number of rotatable bonds is 2. The Balaban J connectivity index is 2.38. The van der Waals surface area contributed by atoms with E-state index in [9.17, 15) is 0 Å². The van der Waals surface area contributed by atoms with E-state index in [0.717, 1.165) is 5.82 Å². The number of aromatic nitrogens is 3. The fraction of sp³-hybridized carbons (Fsp3) is 0.833. The summed E-state index contributed by atoms with van der Waals surface area (Å²) in [6, 6.07) is 0.446. The molecule has 2 rings (SSSR count). The van der Waals surface area contributed by atoms with Crippen LogP contribution in [0.15, 0.2) is 6.33 Å². The second-order valence-corrected chi connectivity index (χ2v) is 6.07. The second kappa shape index (κ2) is 2.83. The minimum Gasteiger partial charge on any atom is -0.315 e. The molecule has 3 heteroatoms. The number of hydrogen-bond acceptors (Lipinski definition) is 2. The van der Waals surface area contributed by atoms with Crippen molar-refractivity contribution in [2.24, 2.45) is 10.8 Å². The van der Waals surface area contributed by atoms with Crippen molar-refractivity contribution in [2.75, 3.05) is 0 Å². The maximum atomic E-state index is 4.30. The summed E-state index contributed by atoms with van der Waals surface area (Å²) in [6.45, 7) is 13.6. The lowest BCUT2D eigenvalue weighted by Gasteiger charge is -2.10. The summed E-state index contributed by atoms with van der Waals surface area (Å²) in [5.41, 5.74) is 0.680. The smallest absolute Gasteiger partial charge is 0.137 e. The van der Waals surface area contributed by atoms with E-state index in [1.165, 1.54) is 0 Å². The number of hydrogen-bond donors (Lipinski definition) is 0. The minimum absolute atomic E-state index is 0.340. The maximum Gasteiger partial charge on any atom is 0.137 e. The summed E-state index contributed by atoms with van der Waals surface area (Å²) in [7, 11) is 0. The Labute approximate surface area is 91.9 Å². The Morgan fingerprint density at radius 2 is 1.73 bits per heavy atom. The van der Waals surface area contributed by atoms with Crippen molar-refractivity contribution in [1.82, 2.24) is 14.8 Å². The Bertz CT molecular complexity index is 360. The quantitative estimate of drug-likeness (QED) is 0.746. The second-order valence-electron chi connectivity index (χ2n) is 6.07. The molecule has 1 fully saturated rings. The van der Waals surface area contributed by atoms with E-state index in [1.54, 1.807) is 0 Å². The molecular weight excluding hydrogens is 186 g/mol. The third-order valence-electron chi connectivity index (χ3n) is 4.44. The highest BCUT2D eigenvalue weighted by molar-refractivity contribution is 5.26. The molecule has 15 heavy (non-hydrogen) atoms. The van der Waals surface area contributed by atoms with Crippen LogP contribution in [-0.2, 0) is 0 Å². The van der Waals surface area contributed by atoms with Gasteiger partial charge in [-0.3, -0.25) is 0 Å². The van der Waals surface area contributed by atoms with Gasteiger partial charge in [0.25, 0.3) is 0 Å². The third-order valence-corrected chi connectivity index (χ3v) is 4.44. The average molecular weight is 207 g/mol. The highest BCUT2D eigenvalue weighted by Gasteiger charge is 2.67. The van der Waals surface area contributed by atoms with Crippen molar-refractivity contribution >= 4 is 0 Å². The molecule has 0 aromatic carbocycles. The van der Waals surface area contributed by atoms with E-state index in [4.69, 9.17) is 0 Å². The summed E-state index contributed by atoms with van der Waals surface area (Å²) in [6.07, 6.45) is 1.85. The van der Waals surface area contributed by atoms with Gasteiger partial charge in [-0.05, 0) is 24.7 Å². The van der Waals surface area contributed by atoms with Gasteiger partial charge in [0.1, 0.15) is 12.2 Å². The van der Waals surface area contributed by atoms with Crippen molar-refractivity contribution in [3.8, 4) is 0 Å². The lowest BCUT2D eigenvalue weighted by atomic mass is 10.0. The van der Waals surface area contributed by atoms with Crippen LogP contribution >= 0.6 is 0 Å². The van der Waals surface area contributed by atoms with Crippen LogP contribution in [0.5, 0.6) is 0 Å². The lowest BCUT2D eigenvalue weighted by molar-refractivity contribution is 0.457. The van der Waals surface area contributed by atoms with Crippen LogP contribution in [0, 0.1) is 10.8 Å². The predicted molar refractivity (Wildman–Crippen MR) is 60.7 cm³/mol. The van der Waals surface area contributed by atoms with E-state index < -0.39 is 0 Å². The van der Waals surface area contributed by atoms with Crippen molar-refractivity contribution in [1.29, 1.82) is 0 Å². The third kappa shape index (κ3) is 1.25. The van der Waals surface area contributed by atoms with Crippen LogP contribution in [0.25, 0.3) is 0 Å². The van der Waals surface area contributed by atoms with Gasteiger partial charge in [0, 0.05) is 12.0 Å². The maximum absolute atomic E-state index is 4.30. The molecular formula is C12H21N3. The first-order valence-corrected chi connectivity index (χ1v) is 5.69. The first-order valence-electron chi connectivity index (χ1n) is 5.69. The van der Waals surface area contributed by atoms with Crippen molar-refractivity contribution in [3.63, 3.8) is 0 Å². The lowest BCUT2D eigenvalue weighted by Crippen LogP contribution is -2.06. The topological polar surface area (TPSA) is 30.7 Å². The standard InChI is InChI=1S/C12H21N3/c1-8(2)15-7-13-14-10(15)9-11(3,4)12(9,5)6/h7-9H,1-6H3. The highest BCUT2D eigenvalue weighted by Crippen LogP contribution is 2.73. The van der Waals surface area contributed by atoms with E-state index in [-0.39, 0.29) is 0 Å². The van der Waals surface area contributed by atoms with Crippen LogP contribution in [0.1, 0.15) is 59.3 Å². The summed E-state index contributed by atoms with van der Waals surface area (Å²) in [4.78, 5) is 0. The molecule has 0 amide bonds. The first kappa shape index (κ1) is 10.7. The van der Waals surface area contributed by atoms with Gasteiger partial charge in [-0.25, -0.2) is 0 Å². The molecule has 1 aliphatic rings. The zero-order valence-electron chi connectivity index (χ0n) is 10.6. The zero-order chi connectivity index (χ0) is 11.4. The Hall–Kier alpha value is -0.860.